The minimum atomic E-state index is -3.69. The van der Waals surface area contributed by atoms with Gasteiger partial charge < -0.3 is 4.74 Å². The van der Waals surface area contributed by atoms with E-state index < -0.39 is 9.05 Å². The zero-order valence-electron chi connectivity index (χ0n) is 11.0. The third-order valence-electron chi connectivity index (χ3n) is 3.42. The van der Waals surface area contributed by atoms with Crippen molar-refractivity contribution < 1.29 is 17.9 Å². The number of esters is 1. The molecule has 110 valence electrons. The van der Waals surface area contributed by atoms with Crippen molar-refractivity contribution >= 4 is 25.7 Å². The number of benzene rings is 1. The van der Waals surface area contributed by atoms with Gasteiger partial charge in [-0.05, 0) is 49.8 Å². The van der Waals surface area contributed by atoms with E-state index in [0.29, 0.717) is 12.8 Å². The van der Waals surface area contributed by atoms with Crippen LogP contribution < -0.4 is 0 Å². The molecule has 0 aromatic heterocycles. The summed E-state index contributed by atoms with van der Waals surface area (Å²) in [5.41, 5.74) is 0.887. The zero-order chi connectivity index (χ0) is 14.6. The van der Waals surface area contributed by atoms with Crippen LogP contribution in [0.5, 0.6) is 0 Å². The lowest BCUT2D eigenvalue weighted by atomic mass is 10.1. The third kappa shape index (κ3) is 4.49. The van der Waals surface area contributed by atoms with Crippen LogP contribution in [0.1, 0.15) is 37.7 Å². The second kappa shape index (κ2) is 6.59. The highest BCUT2D eigenvalue weighted by molar-refractivity contribution is 8.13. The molecule has 0 heterocycles. The molecule has 6 heteroatoms. The first-order valence-corrected chi connectivity index (χ1v) is 8.99. The van der Waals surface area contributed by atoms with Gasteiger partial charge in [0.15, 0.2) is 0 Å². The lowest BCUT2D eigenvalue weighted by Gasteiger charge is -2.11. The summed E-state index contributed by atoms with van der Waals surface area (Å²) in [5, 5.41) is 0. The predicted octanol–water partition coefficient (Wildman–Crippen LogP) is 3.03. The largest absolute Gasteiger partial charge is 0.462 e. The molecule has 1 saturated carbocycles. The van der Waals surface area contributed by atoms with E-state index in [1.165, 1.54) is 12.1 Å². The minimum Gasteiger partial charge on any atom is -0.462 e. The third-order valence-corrected chi connectivity index (χ3v) is 4.79. The van der Waals surface area contributed by atoms with E-state index in [1.54, 1.807) is 12.1 Å². The van der Waals surface area contributed by atoms with Gasteiger partial charge in [0.2, 0.25) is 0 Å². The summed E-state index contributed by atoms with van der Waals surface area (Å²) in [7, 11) is 1.55. The van der Waals surface area contributed by atoms with Crippen LogP contribution in [0.15, 0.2) is 29.2 Å². The first-order chi connectivity index (χ1) is 9.45. The second-order valence-electron chi connectivity index (χ2n) is 4.98. The maximum absolute atomic E-state index is 11.7. The number of rotatable bonds is 5. The molecule has 20 heavy (non-hydrogen) atoms. The van der Waals surface area contributed by atoms with Crippen molar-refractivity contribution in [3.63, 3.8) is 0 Å². The number of ether oxygens (including phenoxy) is 1. The first kappa shape index (κ1) is 15.3. The number of carbonyl (C=O) groups excluding carboxylic acids is 1. The quantitative estimate of drug-likeness (QED) is 0.619. The predicted molar refractivity (Wildman–Crippen MR) is 76.1 cm³/mol. The van der Waals surface area contributed by atoms with Gasteiger partial charge in [-0.1, -0.05) is 12.1 Å². The lowest BCUT2D eigenvalue weighted by molar-refractivity contribution is -0.148. The molecule has 1 aromatic carbocycles. The molecule has 4 nitrogen and oxygen atoms in total. The summed E-state index contributed by atoms with van der Waals surface area (Å²) in [6.07, 6.45) is 5.13. The van der Waals surface area contributed by atoms with Crippen LogP contribution in [0.4, 0.5) is 0 Å². The molecular weight excluding hydrogens is 300 g/mol. The van der Waals surface area contributed by atoms with E-state index in [1.807, 2.05) is 0 Å². The van der Waals surface area contributed by atoms with E-state index in [4.69, 9.17) is 15.4 Å². The SMILES string of the molecule is O=C(CCc1ccc(S(=O)(=O)Cl)cc1)OC1CCCC1. The Labute approximate surface area is 123 Å². The van der Waals surface area contributed by atoms with Crippen molar-refractivity contribution in [1.29, 1.82) is 0 Å². The van der Waals surface area contributed by atoms with Crippen molar-refractivity contribution in [3.05, 3.63) is 29.8 Å². The highest BCUT2D eigenvalue weighted by atomic mass is 35.7. The van der Waals surface area contributed by atoms with E-state index in [2.05, 4.69) is 0 Å². The summed E-state index contributed by atoms with van der Waals surface area (Å²) in [4.78, 5) is 11.7. The molecule has 2 rings (SSSR count). The fourth-order valence-corrected chi connectivity index (χ4v) is 3.09. The zero-order valence-corrected chi connectivity index (χ0v) is 12.6. The van der Waals surface area contributed by atoms with Gasteiger partial charge in [0.25, 0.3) is 9.05 Å². The van der Waals surface area contributed by atoms with Gasteiger partial charge in [-0.25, -0.2) is 8.42 Å². The van der Waals surface area contributed by atoms with E-state index in [-0.39, 0.29) is 17.0 Å². The summed E-state index contributed by atoms with van der Waals surface area (Å²) < 4.78 is 27.5. The maximum Gasteiger partial charge on any atom is 0.306 e. The molecule has 1 aliphatic carbocycles. The molecule has 0 radical (unpaired) electrons. The molecule has 1 aliphatic rings. The Morgan fingerprint density at radius 3 is 2.35 bits per heavy atom. The molecular formula is C14H17ClO4S. The summed E-state index contributed by atoms with van der Waals surface area (Å²) >= 11 is 0. The van der Waals surface area contributed by atoms with Gasteiger partial charge in [-0.2, -0.15) is 0 Å². The Kier molecular flexibility index (Phi) is 5.05. The molecule has 0 amide bonds. The van der Waals surface area contributed by atoms with Crippen LogP contribution in [0.3, 0.4) is 0 Å². The van der Waals surface area contributed by atoms with Crippen LogP contribution in [-0.4, -0.2) is 20.5 Å². The van der Waals surface area contributed by atoms with E-state index >= 15 is 0 Å². The Hall–Kier alpha value is -1.07. The van der Waals surface area contributed by atoms with Crippen molar-refractivity contribution in [1.82, 2.24) is 0 Å². The monoisotopic (exact) mass is 316 g/mol. The van der Waals surface area contributed by atoms with Crippen LogP contribution >= 0.6 is 10.7 Å². The van der Waals surface area contributed by atoms with Gasteiger partial charge in [0.05, 0.1) is 4.90 Å². The summed E-state index contributed by atoms with van der Waals surface area (Å²) in [5.74, 6) is -0.189. The lowest BCUT2D eigenvalue weighted by Crippen LogP contribution is -2.15. The average molecular weight is 317 g/mol. The Morgan fingerprint density at radius 2 is 1.80 bits per heavy atom. The molecule has 0 atom stereocenters. The van der Waals surface area contributed by atoms with Crippen LogP contribution in [-0.2, 0) is 25.0 Å². The van der Waals surface area contributed by atoms with Crippen molar-refractivity contribution in [3.8, 4) is 0 Å². The molecule has 1 fully saturated rings. The number of hydrogen-bond acceptors (Lipinski definition) is 4. The average Bonchev–Trinajstić information content (AvgIpc) is 2.88. The topological polar surface area (TPSA) is 60.4 Å². The number of hydrogen-bond donors (Lipinski definition) is 0. The summed E-state index contributed by atoms with van der Waals surface area (Å²) in [6, 6.07) is 6.22. The molecule has 0 saturated heterocycles. The van der Waals surface area contributed by atoms with E-state index in [9.17, 15) is 13.2 Å². The van der Waals surface area contributed by atoms with Gasteiger partial charge in [0.1, 0.15) is 6.10 Å². The number of carbonyl (C=O) groups is 1. The highest BCUT2D eigenvalue weighted by Gasteiger charge is 2.19. The maximum atomic E-state index is 11.7. The molecule has 0 aliphatic heterocycles. The Bertz CT molecular complexity index is 559. The second-order valence-corrected chi connectivity index (χ2v) is 7.54. The summed E-state index contributed by atoms with van der Waals surface area (Å²) in [6.45, 7) is 0. The van der Waals surface area contributed by atoms with Gasteiger partial charge in [-0.15, -0.1) is 0 Å². The van der Waals surface area contributed by atoms with Crippen LogP contribution in [0, 0.1) is 0 Å². The molecule has 0 bridgehead atoms. The van der Waals surface area contributed by atoms with Gasteiger partial charge in [0, 0.05) is 17.1 Å². The van der Waals surface area contributed by atoms with Gasteiger partial charge in [-0.3, -0.25) is 4.79 Å². The molecule has 0 N–H and O–H groups in total. The normalized spacial score (nSPS) is 16.2. The van der Waals surface area contributed by atoms with Crippen molar-refractivity contribution in [2.75, 3.05) is 0 Å². The molecule has 1 aromatic rings. The minimum absolute atomic E-state index is 0.0662. The van der Waals surface area contributed by atoms with Crippen molar-refractivity contribution in [2.24, 2.45) is 0 Å². The Morgan fingerprint density at radius 1 is 1.20 bits per heavy atom. The molecule has 0 unspecified atom stereocenters. The van der Waals surface area contributed by atoms with Crippen LogP contribution in [0.2, 0.25) is 0 Å². The Balaban J connectivity index is 1.83. The standard InChI is InChI=1S/C14H17ClO4S/c15-20(17,18)13-8-5-11(6-9-13)7-10-14(16)19-12-3-1-2-4-12/h5-6,8-9,12H,1-4,7,10H2. The fraction of sp³-hybridized carbons (Fsp3) is 0.500. The van der Waals surface area contributed by atoms with Crippen LogP contribution in [0.25, 0.3) is 0 Å². The van der Waals surface area contributed by atoms with Crippen molar-refractivity contribution in [2.45, 2.75) is 49.5 Å². The first-order valence-electron chi connectivity index (χ1n) is 6.68. The fourth-order valence-electron chi connectivity index (χ4n) is 2.32. The number of halogens is 1. The van der Waals surface area contributed by atoms with E-state index in [0.717, 1.165) is 31.2 Å². The highest BCUT2D eigenvalue weighted by Crippen LogP contribution is 2.21. The smallest absolute Gasteiger partial charge is 0.306 e. The van der Waals surface area contributed by atoms with Gasteiger partial charge >= 0.3 is 5.97 Å². The molecule has 0 spiro atoms. The number of aryl methyl sites for hydroxylation is 1.